The highest BCUT2D eigenvalue weighted by atomic mass is 16.2. The minimum Gasteiger partial charge on any atom is -0.358 e. The van der Waals surface area contributed by atoms with E-state index >= 15 is 0 Å². The van der Waals surface area contributed by atoms with Gasteiger partial charge in [0.15, 0.2) is 0 Å². The Bertz CT molecular complexity index is 693. The zero-order valence-electron chi connectivity index (χ0n) is 13.4. The van der Waals surface area contributed by atoms with Gasteiger partial charge in [-0.2, -0.15) is 0 Å². The van der Waals surface area contributed by atoms with E-state index < -0.39 is 5.66 Å². The summed E-state index contributed by atoms with van der Waals surface area (Å²) >= 11 is 0. The summed E-state index contributed by atoms with van der Waals surface area (Å²) in [6, 6.07) is 16.1. The largest absolute Gasteiger partial charge is 0.358 e. The predicted octanol–water partition coefficient (Wildman–Crippen LogP) is 4.15. The van der Waals surface area contributed by atoms with Crippen LogP contribution in [0.5, 0.6) is 0 Å². The van der Waals surface area contributed by atoms with Gasteiger partial charge in [0, 0.05) is 12.2 Å². The average molecular weight is 294 g/mol. The van der Waals surface area contributed by atoms with Crippen molar-refractivity contribution in [1.82, 2.24) is 4.90 Å². The fourth-order valence-electron chi connectivity index (χ4n) is 3.11. The fourth-order valence-corrected chi connectivity index (χ4v) is 3.11. The Kier molecular flexibility index (Phi) is 3.65. The van der Waals surface area contributed by atoms with Crippen LogP contribution < -0.4 is 5.32 Å². The van der Waals surface area contributed by atoms with Gasteiger partial charge in [-0.3, -0.25) is 4.79 Å². The van der Waals surface area contributed by atoms with Crippen molar-refractivity contribution in [2.24, 2.45) is 0 Å². The Balaban J connectivity index is 2.12. The molecule has 3 rings (SSSR count). The van der Waals surface area contributed by atoms with Crippen LogP contribution in [0.3, 0.4) is 0 Å². The molecule has 0 aliphatic carbocycles. The van der Waals surface area contributed by atoms with Crippen LogP contribution in [0, 0.1) is 6.92 Å². The molecule has 22 heavy (non-hydrogen) atoms. The second-order valence-electron chi connectivity index (χ2n) is 6.07. The lowest BCUT2D eigenvalue weighted by atomic mass is 9.93. The third kappa shape index (κ3) is 2.27. The lowest BCUT2D eigenvalue weighted by Gasteiger charge is -2.46. The Morgan fingerprint density at radius 3 is 2.45 bits per heavy atom. The molecule has 1 amide bonds. The molecular weight excluding hydrogens is 272 g/mol. The van der Waals surface area contributed by atoms with Crippen molar-refractivity contribution in [3.63, 3.8) is 0 Å². The van der Waals surface area contributed by atoms with Gasteiger partial charge in [0.1, 0.15) is 5.66 Å². The van der Waals surface area contributed by atoms with Gasteiger partial charge < -0.3 is 10.2 Å². The first-order chi connectivity index (χ1) is 10.6. The number of aryl methyl sites for hydroxylation is 1. The molecule has 1 atom stereocenters. The topological polar surface area (TPSA) is 32.3 Å². The molecule has 1 N–H and O–H groups in total. The van der Waals surface area contributed by atoms with Gasteiger partial charge in [-0.05, 0) is 38.0 Å². The van der Waals surface area contributed by atoms with E-state index in [1.807, 2.05) is 29.2 Å². The SMILES string of the molecule is CCCN1C(=O)c2ccccc2NC1(C)c1ccc(C)cc1. The highest BCUT2D eigenvalue weighted by Crippen LogP contribution is 2.37. The number of nitrogens with one attached hydrogen (secondary N) is 1. The van der Waals surface area contributed by atoms with E-state index in [9.17, 15) is 4.79 Å². The van der Waals surface area contributed by atoms with E-state index in [4.69, 9.17) is 0 Å². The lowest BCUT2D eigenvalue weighted by molar-refractivity contribution is 0.0535. The van der Waals surface area contributed by atoms with E-state index in [1.54, 1.807) is 0 Å². The van der Waals surface area contributed by atoms with Crippen molar-refractivity contribution in [1.29, 1.82) is 0 Å². The van der Waals surface area contributed by atoms with Gasteiger partial charge in [-0.15, -0.1) is 0 Å². The van der Waals surface area contributed by atoms with E-state index in [0.717, 1.165) is 29.8 Å². The number of hydrogen-bond acceptors (Lipinski definition) is 2. The third-order valence-electron chi connectivity index (χ3n) is 4.38. The minimum atomic E-state index is -0.519. The summed E-state index contributed by atoms with van der Waals surface area (Å²) in [7, 11) is 0. The molecule has 0 radical (unpaired) electrons. The lowest BCUT2D eigenvalue weighted by Crippen LogP contribution is -2.56. The van der Waals surface area contributed by atoms with Crippen molar-refractivity contribution in [3.05, 3.63) is 65.2 Å². The number of amides is 1. The summed E-state index contributed by atoms with van der Waals surface area (Å²) in [5.74, 6) is 0.0966. The highest BCUT2D eigenvalue weighted by Gasteiger charge is 2.41. The van der Waals surface area contributed by atoms with Crippen LogP contribution in [0.15, 0.2) is 48.5 Å². The number of fused-ring (bicyclic) bond motifs is 1. The Labute approximate surface area is 132 Å². The van der Waals surface area contributed by atoms with Crippen molar-refractivity contribution in [2.75, 3.05) is 11.9 Å². The zero-order chi connectivity index (χ0) is 15.7. The summed E-state index contributed by atoms with van der Waals surface area (Å²) in [4.78, 5) is 14.9. The van der Waals surface area contributed by atoms with Crippen LogP contribution in [0.2, 0.25) is 0 Å². The van der Waals surface area contributed by atoms with Crippen molar-refractivity contribution in [3.8, 4) is 0 Å². The number of anilines is 1. The first-order valence-electron chi connectivity index (χ1n) is 7.82. The number of hydrogen-bond donors (Lipinski definition) is 1. The monoisotopic (exact) mass is 294 g/mol. The van der Waals surface area contributed by atoms with E-state index in [2.05, 4.69) is 50.4 Å². The summed E-state index contributed by atoms with van der Waals surface area (Å²) in [6.07, 6.45) is 0.928. The smallest absolute Gasteiger partial charge is 0.258 e. The van der Waals surface area contributed by atoms with Gasteiger partial charge in [-0.25, -0.2) is 0 Å². The van der Waals surface area contributed by atoms with Gasteiger partial charge in [0.2, 0.25) is 0 Å². The quantitative estimate of drug-likeness (QED) is 0.922. The summed E-state index contributed by atoms with van der Waals surface area (Å²) in [5, 5.41) is 3.58. The number of carbonyl (C=O) groups is 1. The number of benzene rings is 2. The van der Waals surface area contributed by atoms with E-state index in [0.29, 0.717) is 0 Å². The molecule has 0 fully saturated rings. The molecule has 3 heteroatoms. The van der Waals surface area contributed by atoms with Gasteiger partial charge in [-0.1, -0.05) is 48.9 Å². The van der Waals surface area contributed by atoms with Crippen molar-refractivity contribution in [2.45, 2.75) is 32.9 Å². The van der Waals surface area contributed by atoms with Crippen LogP contribution in [-0.2, 0) is 5.66 Å². The summed E-state index contributed by atoms with van der Waals surface area (Å²) in [6.45, 7) is 6.99. The molecule has 3 nitrogen and oxygen atoms in total. The molecule has 0 saturated carbocycles. The molecule has 0 bridgehead atoms. The maximum atomic E-state index is 12.9. The Hall–Kier alpha value is -2.29. The van der Waals surface area contributed by atoms with E-state index in [1.165, 1.54) is 5.56 Å². The molecule has 1 unspecified atom stereocenters. The van der Waals surface area contributed by atoms with Gasteiger partial charge in [0.25, 0.3) is 5.91 Å². The van der Waals surface area contributed by atoms with Crippen LogP contribution in [0.25, 0.3) is 0 Å². The fraction of sp³-hybridized carbons (Fsp3) is 0.316. The predicted molar refractivity (Wildman–Crippen MR) is 89.9 cm³/mol. The third-order valence-corrected chi connectivity index (χ3v) is 4.38. The molecular formula is C19H22N2O. The van der Waals surface area contributed by atoms with Crippen LogP contribution in [0.1, 0.15) is 41.8 Å². The molecule has 114 valence electrons. The normalized spacial score (nSPS) is 20.5. The van der Waals surface area contributed by atoms with Crippen LogP contribution in [0.4, 0.5) is 5.69 Å². The minimum absolute atomic E-state index is 0.0966. The first kappa shape index (κ1) is 14.6. The second kappa shape index (κ2) is 5.48. The first-order valence-corrected chi connectivity index (χ1v) is 7.82. The van der Waals surface area contributed by atoms with Gasteiger partial charge in [0.05, 0.1) is 5.56 Å². The maximum Gasteiger partial charge on any atom is 0.258 e. The molecule has 1 aliphatic heterocycles. The van der Waals surface area contributed by atoms with Crippen molar-refractivity contribution < 1.29 is 4.79 Å². The molecule has 0 saturated heterocycles. The Morgan fingerprint density at radius 2 is 1.77 bits per heavy atom. The molecule has 2 aromatic rings. The average Bonchev–Trinajstić information content (AvgIpc) is 2.52. The van der Waals surface area contributed by atoms with Crippen LogP contribution >= 0.6 is 0 Å². The van der Waals surface area contributed by atoms with Gasteiger partial charge >= 0.3 is 0 Å². The number of carbonyl (C=O) groups excluding carboxylic acids is 1. The summed E-state index contributed by atoms with van der Waals surface area (Å²) < 4.78 is 0. The summed E-state index contributed by atoms with van der Waals surface area (Å²) in [5.41, 5.74) is 3.46. The molecule has 2 aromatic carbocycles. The van der Waals surface area contributed by atoms with Crippen LogP contribution in [-0.4, -0.2) is 17.4 Å². The van der Waals surface area contributed by atoms with E-state index in [-0.39, 0.29) is 5.91 Å². The number of nitrogens with zero attached hydrogens (tertiary/aromatic N) is 1. The molecule has 1 heterocycles. The molecule has 0 aromatic heterocycles. The number of rotatable bonds is 3. The Morgan fingerprint density at radius 1 is 1.09 bits per heavy atom. The van der Waals surface area contributed by atoms with Crippen molar-refractivity contribution >= 4 is 11.6 Å². The maximum absolute atomic E-state index is 12.9. The molecule has 0 spiro atoms. The zero-order valence-corrected chi connectivity index (χ0v) is 13.4. The highest BCUT2D eigenvalue weighted by molar-refractivity contribution is 6.02. The second-order valence-corrected chi connectivity index (χ2v) is 6.07. The molecule has 1 aliphatic rings. The standard InChI is InChI=1S/C19H22N2O/c1-4-13-21-18(22)16-7-5-6-8-17(16)20-19(21,3)15-11-9-14(2)10-12-15/h5-12,20H,4,13H2,1-3H3. The number of para-hydroxylation sites is 1.